The summed E-state index contributed by atoms with van der Waals surface area (Å²) in [6.07, 6.45) is 2.13. The molecule has 3 aliphatic heterocycles. The molecule has 0 radical (unpaired) electrons. The van der Waals surface area contributed by atoms with E-state index in [2.05, 4.69) is 277 Å². The Morgan fingerprint density at radius 1 is 0.440 bits per heavy atom. The molecule has 9 heteroatoms. The number of aromatic nitrogens is 2. The lowest BCUT2D eigenvalue weighted by atomic mass is 9.96. The van der Waals surface area contributed by atoms with Crippen molar-refractivity contribution in [3.8, 4) is 28.4 Å². The fourth-order valence-corrected chi connectivity index (χ4v) is 18.6. The molecule has 2 aromatic heterocycles. The van der Waals surface area contributed by atoms with Crippen molar-refractivity contribution in [1.29, 1.82) is 0 Å². The van der Waals surface area contributed by atoms with E-state index in [0.717, 1.165) is 79.5 Å². The Balaban J connectivity index is 0.944. The largest absolute Gasteiger partial charge is 0.457 e. The van der Waals surface area contributed by atoms with Gasteiger partial charge >= 0.3 is 0 Å². The van der Waals surface area contributed by atoms with E-state index in [9.17, 15) is 0 Å². The van der Waals surface area contributed by atoms with Crippen LogP contribution in [0.5, 0.6) is 11.5 Å². The van der Waals surface area contributed by atoms with Gasteiger partial charge in [0.25, 0.3) is 0 Å². The van der Waals surface area contributed by atoms with Crippen molar-refractivity contribution < 1.29 is 4.74 Å². The number of ether oxygens (including phenoxy) is 1. The molecule has 14 rings (SSSR count). The second kappa shape index (κ2) is 17.0. The minimum absolute atomic E-state index is 0.760. The molecule has 3 aliphatic rings. The number of pyridine rings is 1. The Labute approximate surface area is 440 Å². The maximum atomic E-state index is 6.78. The topological polar surface area (TPSA) is 40.0 Å². The first kappa shape index (κ1) is 45.0. The zero-order valence-corrected chi connectivity index (χ0v) is 45.1. The summed E-state index contributed by atoms with van der Waals surface area (Å²) in [6, 6.07) is 77.7. The van der Waals surface area contributed by atoms with Gasteiger partial charge in [0, 0.05) is 75.7 Å². The predicted octanol–water partition coefficient (Wildman–Crippen LogP) is 14.7. The molecule has 0 saturated carbocycles. The molecule has 0 spiro atoms. The highest BCUT2D eigenvalue weighted by Gasteiger charge is 2.42. The molecular weight excluding hydrogens is 949 g/mol. The molecule has 75 heavy (non-hydrogen) atoms. The van der Waals surface area contributed by atoms with Crippen LogP contribution in [0.3, 0.4) is 0 Å². The molecule has 0 bridgehead atoms. The Hall–Kier alpha value is -8.64. The van der Waals surface area contributed by atoms with Crippen molar-refractivity contribution in [2.45, 2.75) is 33.1 Å². The van der Waals surface area contributed by atoms with E-state index in [1.54, 1.807) is 0 Å². The molecular formula is C66H56N6OSi2. The summed E-state index contributed by atoms with van der Waals surface area (Å²) >= 11 is 0. The molecule has 5 heterocycles. The van der Waals surface area contributed by atoms with Gasteiger partial charge in [-0.2, -0.15) is 0 Å². The molecule has 364 valence electrons. The first-order valence-corrected chi connectivity index (χ1v) is 32.0. The number of nitrogens with zero attached hydrogens (tertiary/aromatic N) is 6. The van der Waals surface area contributed by atoms with Gasteiger partial charge in [-0.15, -0.1) is 0 Å². The van der Waals surface area contributed by atoms with Crippen molar-refractivity contribution in [3.63, 3.8) is 0 Å². The van der Waals surface area contributed by atoms with Crippen LogP contribution in [0.2, 0.25) is 26.2 Å². The minimum atomic E-state index is -2.08. The highest BCUT2D eigenvalue weighted by molar-refractivity contribution is 7.03. The zero-order valence-electron chi connectivity index (χ0n) is 43.1. The van der Waals surface area contributed by atoms with E-state index >= 15 is 0 Å². The SMILES string of the molecule is Cc1cc(-n2c3ccccc3c3ccc(Oc4cccc(N5CN(C)c6ccccc65)c4)cc32)ncc1-c1c(N2c3ccccc3[Si](C)(C)c3ccccc32)cccc1N1c2ccccc2[Si](C)(C)c2ccccc21. The van der Waals surface area contributed by atoms with Crippen molar-refractivity contribution in [2.24, 2.45) is 0 Å². The van der Waals surface area contributed by atoms with E-state index in [0.29, 0.717) is 0 Å². The predicted molar refractivity (Wildman–Crippen MR) is 320 cm³/mol. The van der Waals surface area contributed by atoms with E-state index in [4.69, 9.17) is 9.72 Å². The molecule has 7 nitrogen and oxygen atoms in total. The van der Waals surface area contributed by atoms with Crippen LogP contribution in [0, 0.1) is 6.92 Å². The van der Waals surface area contributed by atoms with Crippen LogP contribution in [-0.2, 0) is 0 Å². The molecule has 9 aromatic carbocycles. The van der Waals surface area contributed by atoms with Gasteiger partial charge in [0.2, 0.25) is 0 Å². The molecule has 0 N–H and O–H groups in total. The summed E-state index contributed by atoms with van der Waals surface area (Å²) in [7, 11) is -2.02. The normalized spacial score (nSPS) is 14.9. The summed E-state index contributed by atoms with van der Waals surface area (Å²) in [4.78, 5) is 15.2. The number of fused-ring (bicyclic) bond motifs is 8. The highest BCUT2D eigenvalue weighted by atomic mass is 28.3. The number of hydrogen-bond donors (Lipinski definition) is 0. The fraction of sp³-hybridized carbons (Fsp3) is 0.106. The standard InChI is InChI=1S/C66H56N6OSi2/c1-44-39-65(72-51-24-8-7-23-48(51)49-38-37-47(41-60(49)72)73-46-22-19-21-45(40-46)69-43-68(2)52-25-9-10-26-53(52)69)67-42-50(44)66-58(70-54-27-11-15-33-61(54)74(3,4)62-34-16-12-28-55(62)70)31-20-32-59(66)71-56-29-13-17-35-63(56)75(5,6)64-36-18-14-30-57(64)71/h7-42H,43H2,1-6H3. The third-order valence-corrected chi connectivity index (χ3v) is 23.4. The molecule has 11 aromatic rings. The van der Waals surface area contributed by atoms with Gasteiger partial charge in [-0.1, -0.05) is 141 Å². The van der Waals surface area contributed by atoms with Gasteiger partial charge < -0.3 is 24.3 Å². The number of anilines is 9. The minimum Gasteiger partial charge on any atom is -0.457 e. The second-order valence-electron chi connectivity index (χ2n) is 21.4. The number of hydrogen-bond acceptors (Lipinski definition) is 6. The van der Waals surface area contributed by atoms with Crippen molar-refractivity contribution in [3.05, 3.63) is 224 Å². The number of rotatable bonds is 7. The fourth-order valence-electron chi connectivity index (χ4n) is 12.7. The lowest BCUT2D eigenvalue weighted by Gasteiger charge is -2.44. The summed E-state index contributed by atoms with van der Waals surface area (Å²) < 4.78 is 9.09. The van der Waals surface area contributed by atoms with Crippen LogP contribution in [0.25, 0.3) is 38.8 Å². The number of aryl methyl sites for hydroxylation is 1. The van der Waals surface area contributed by atoms with Crippen molar-refractivity contribution >= 4 is 110 Å². The lowest BCUT2D eigenvalue weighted by molar-refractivity contribution is 0.483. The van der Waals surface area contributed by atoms with Gasteiger partial charge in [0.05, 0.1) is 40.5 Å². The van der Waals surface area contributed by atoms with Crippen molar-refractivity contribution in [1.82, 2.24) is 9.55 Å². The Morgan fingerprint density at radius 2 is 0.920 bits per heavy atom. The number of para-hydroxylation sites is 7. The Morgan fingerprint density at radius 3 is 1.51 bits per heavy atom. The van der Waals surface area contributed by atoms with Crippen LogP contribution in [0.15, 0.2) is 219 Å². The highest BCUT2D eigenvalue weighted by Crippen LogP contribution is 2.51. The number of benzene rings is 9. The second-order valence-corrected chi connectivity index (χ2v) is 30.1. The third kappa shape index (κ3) is 6.88. The molecule has 0 fully saturated rings. The van der Waals surface area contributed by atoms with E-state index < -0.39 is 16.1 Å². The molecule has 0 amide bonds. The van der Waals surface area contributed by atoms with E-state index in [-0.39, 0.29) is 0 Å². The van der Waals surface area contributed by atoms with Crippen LogP contribution in [0.4, 0.5) is 51.2 Å². The van der Waals surface area contributed by atoms with E-state index in [1.807, 2.05) is 6.07 Å². The maximum Gasteiger partial charge on any atom is 0.137 e. The van der Waals surface area contributed by atoms with Crippen LogP contribution in [0.1, 0.15) is 5.56 Å². The summed E-state index contributed by atoms with van der Waals surface area (Å²) in [5.41, 5.74) is 16.2. The molecule has 0 atom stereocenters. The van der Waals surface area contributed by atoms with Gasteiger partial charge in [-0.3, -0.25) is 4.57 Å². The van der Waals surface area contributed by atoms with Crippen LogP contribution < -0.4 is 45.1 Å². The first-order valence-electron chi connectivity index (χ1n) is 26.0. The molecule has 0 aliphatic carbocycles. The maximum absolute atomic E-state index is 6.78. The average molecular weight is 1010 g/mol. The van der Waals surface area contributed by atoms with E-state index in [1.165, 1.54) is 54.9 Å². The summed E-state index contributed by atoms with van der Waals surface area (Å²) in [5, 5.41) is 8.02. The lowest BCUT2D eigenvalue weighted by Crippen LogP contribution is -2.58. The van der Waals surface area contributed by atoms with Crippen LogP contribution in [-0.4, -0.2) is 39.4 Å². The Kier molecular flexibility index (Phi) is 10.2. The van der Waals surface area contributed by atoms with Gasteiger partial charge in [-0.25, -0.2) is 4.98 Å². The monoisotopic (exact) mass is 1000 g/mol. The summed E-state index contributed by atoms with van der Waals surface area (Å²) in [6.45, 7) is 13.0. The Bertz CT molecular complexity index is 3900. The zero-order chi connectivity index (χ0) is 50.7. The first-order chi connectivity index (χ1) is 36.6. The molecule has 0 saturated heterocycles. The van der Waals surface area contributed by atoms with Gasteiger partial charge in [-0.05, 0) is 118 Å². The average Bonchev–Trinajstić information content (AvgIpc) is 3.98. The quantitative estimate of drug-likeness (QED) is 0.148. The summed E-state index contributed by atoms with van der Waals surface area (Å²) in [5.74, 6) is 2.39. The molecule has 0 unspecified atom stereocenters. The van der Waals surface area contributed by atoms with Crippen LogP contribution >= 0.6 is 0 Å². The van der Waals surface area contributed by atoms with Gasteiger partial charge in [0.15, 0.2) is 0 Å². The van der Waals surface area contributed by atoms with Crippen molar-refractivity contribution in [2.75, 3.05) is 33.3 Å². The third-order valence-electron chi connectivity index (χ3n) is 16.3. The smallest absolute Gasteiger partial charge is 0.137 e. The van der Waals surface area contributed by atoms with Gasteiger partial charge in [0.1, 0.15) is 33.5 Å².